The standard InChI is InChI=1S/C26H18BrN3O5/c1-15(31)34-23-13-19(27)17(12-22(23)33-2)14-28-30-25(24-11-16-7-3-6-10-21(16)35-24)29-20-9-5-4-8-18(20)26(30)32/h3-14H,1-2H3. The quantitative estimate of drug-likeness (QED) is 0.171. The largest absolute Gasteiger partial charge is 0.493 e. The molecule has 5 aromatic rings. The smallest absolute Gasteiger partial charge is 0.308 e. The molecule has 0 aliphatic rings. The van der Waals surface area contributed by atoms with Crippen molar-refractivity contribution in [2.45, 2.75) is 6.92 Å². The Hall–Kier alpha value is -4.24. The highest BCUT2D eigenvalue weighted by atomic mass is 79.9. The van der Waals surface area contributed by atoms with Gasteiger partial charge in [-0.3, -0.25) is 9.59 Å². The molecule has 2 aromatic heterocycles. The van der Waals surface area contributed by atoms with Crippen molar-refractivity contribution in [3.8, 4) is 23.1 Å². The summed E-state index contributed by atoms with van der Waals surface area (Å²) in [6.45, 7) is 1.31. The maximum absolute atomic E-state index is 13.4. The van der Waals surface area contributed by atoms with Crippen LogP contribution in [0.2, 0.25) is 0 Å². The number of methoxy groups -OCH3 is 1. The number of ether oxygens (including phenoxy) is 2. The van der Waals surface area contributed by atoms with Crippen molar-refractivity contribution in [2.75, 3.05) is 7.11 Å². The average molecular weight is 532 g/mol. The van der Waals surface area contributed by atoms with Crippen LogP contribution in [0.4, 0.5) is 0 Å². The molecule has 0 aliphatic heterocycles. The van der Waals surface area contributed by atoms with E-state index in [-0.39, 0.29) is 17.1 Å². The van der Waals surface area contributed by atoms with E-state index in [1.54, 1.807) is 30.3 Å². The van der Waals surface area contributed by atoms with Crippen LogP contribution in [-0.2, 0) is 4.79 Å². The molecule has 0 spiro atoms. The third kappa shape index (κ3) is 4.33. The van der Waals surface area contributed by atoms with Crippen molar-refractivity contribution in [1.82, 2.24) is 9.66 Å². The number of furan rings is 1. The second-order valence-electron chi connectivity index (χ2n) is 7.58. The fraction of sp³-hybridized carbons (Fsp3) is 0.0769. The molecule has 0 N–H and O–H groups in total. The highest BCUT2D eigenvalue weighted by molar-refractivity contribution is 9.10. The maximum Gasteiger partial charge on any atom is 0.308 e. The van der Waals surface area contributed by atoms with E-state index in [9.17, 15) is 9.59 Å². The number of aromatic nitrogens is 2. The number of nitrogens with zero attached hydrogens (tertiary/aromatic N) is 3. The van der Waals surface area contributed by atoms with E-state index in [0.29, 0.717) is 38.0 Å². The first-order chi connectivity index (χ1) is 16.9. The summed E-state index contributed by atoms with van der Waals surface area (Å²) < 4.78 is 18.3. The number of hydrogen-bond acceptors (Lipinski definition) is 7. The minimum atomic E-state index is -0.471. The SMILES string of the molecule is COc1cc(C=Nn2c(-c3cc4ccccc4o3)nc3ccccc3c2=O)c(Br)cc1OC(C)=O. The van der Waals surface area contributed by atoms with Crippen LogP contribution in [0.5, 0.6) is 11.5 Å². The highest BCUT2D eigenvalue weighted by Gasteiger charge is 2.17. The first kappa shape index (κ1) is 22.5. The second-order valence-corrected chi connectivity index (χ2v) is 8.44. The molecule has 3 aromatic carbocycles. The number of rotatable bonds is 5. The maximum atomic E-state index is 13.4. The van der Waals surface area contributed by atoms with Gasteiger partial charge in [0.1, 0.15) is 5.58 Å². The Morgan fingerprint density at radius 1 is 1.09 bits per heavy atom. The van der Waals surface area contributed by atoms with Gasteiger partial charge in [0.25, 0.3) is 5.56 Å². The van der Waals surface area contributed by atoms with Crippen molar-refractivity contribution < 1.29 is 18.7 Å². The van der Waals surface area contributed by atoms with Gasteiger partial charge in [-0.05, 0) is 52.3 Å². The Morgan fingerprint density at radius 2 is 1.86 bits per heavy atom. The van der Waals surface area contributed by atoms with Crippen LogP contribution >= 0.6 is 15.9 Å². The lowest BCUT2D eigenvalue weighted by molar-refractivity contribution is -0.132. The van der Waals surface area contributed by atoms with Crippen LogP contribution < -0.4 is 15.0 Å². The topological polar surface area (TPSA) is 95.9 Å². The molecular formula is C26H18BrN3O5. The van der Waals surface area contributed by atoms with Gasteiger partial charge in [-0.1, -0.05) is 30.3 Å². The Balaban J connectivity index is 1.67. The zero-order valence-electron chi connectivity index (χ0n) is 18.7. The molecule has 0 amide bonds. The zero-order chi connectivity index (χ0) is 24.5. The molecule has 9 heteroatoms. The number of esters is 1. The fourth-order valence-corrected chi connectivity index (χ4v) is 4.07. The molecule has 0 unspecified atom stereocenters. The van der Waals surface area contributed by atoms with Crippen LogP contribution in [0.3, 0.4) is 0 Å². The molecule has 174 valence electrons. The number of carbonyl (C=O) groups excluding carboxylic acids is 1. The Morgan fingerprint density at radius 3 is 2.63 bits per heavy atom. The third-order valence-electron chi connectivity index (χ3n) is 5.25. The average Bonchev–Trinajstić information content (AvgIpc) is 3.28. The van der Waals surface area contributed by atoms with Crippen LogP contribution in [0, 0.1) is 0 Å². The Bertz CT molecular complexity index is 1650. The van der Waals surface area contributed by atoms with Gasteiger partial charge in [0.15, 0.2) is 17.3 Å². The minimum absolute atomic E-state index is 0.261. The molecule has 5 rings (SSSR count). The van der Waals surface area contributed by atoms with E-state index in [4.69, 9.17) is 13.9 Å². The predicted octanol–water partition coefficient (Wildman–Crippen LogP) is 5.39. The summed E-state index contributed by atoms with van der Waals surface area (Å²) in [6, 6.07) is 19.7. The van der Waals surface area contributed by atoms with Crippen LogP contribution in [0.25, 0.3) is 33.5 Å². The lowest BCUT2D eigenvalue weighted by atomic mass is 10.2. The van der Waals surface area contributed by atoms with E-state index in [0.717, 1.165) is 5.39 Å². The summed E-state index contributed by atoms with van der Waals surface area (Å²) in [6.07, 6.45) is 1.49. The number of para-hydroxylation sites is 2. The summed E-state index contributed by atoms with van der Waals surface area (Å²) in [4.78, 5) is 29.5. The van der Waals surface area contributed by atoms with Crippen molar-refractivity contribution in [2.24, 2.45) is 5.10 Å². The summed E-state index contributed by atoms with van der Waals surface area (Å²) >= 11 is 3.46. The predicted molar refractivity (Wildman–Crippen MR) is 136 cm³/mol. The first-order valence-electron chi connectivity index (χ1n) is 10.6. The molecule has 0 aliphatic carbocycles. The number of hydrogen-bond donors (Lipinski definition) is 0. The van der Waals surface area contributed by atoms with Gasteiger partial charge in [-0.25, -0.2) is 4.98 Å². The molecule has 0 saturated heterocycles. The van der Waals surface area contributed by atoms with Gasteiger partial charge >= 0.3 is 5.97 Å². The van der Waals surface area contributed by atoms with Crippen molar-refractivity contribution in [3.63, 3.8) is 0 Å². The second kappa shape index (κ2) is 9.19. The molecular weight excluding hydrogens is 514 g/mol. The minimum Gasteiger partial charge on any atom is -0.493 e. The van der Waals surface area contributed by atoms with Crippen LogP contribution in [-0.4, -0.2) is 29.0 Å². The summed E-state index contributed by atoms with van der Waals surface area (Å²) in [5.41, 5.74) is 1.46. The zero-order valence-corrected chi connectivity index (χ0v) is 20.3. The van der Waals surface area contributed by atoms with Gasteiger partial charge in [0.05, 0.1) is 24.2 Å². The van der Waals surface area contributed by atoms with Gasteiger partial charge in [0, 0.05) is 22.3 Å². The first-order valence-corrected chi connectivity index (χ1v) is 11.3. The monoisotopic (exact) mass is 531 g/mol. The summed E-state index contributed by atoms with van der Waals surface area (Å²) in [7, 11) is 1.47. The molecule has 0 fully saturated rings. The van der Waals surface area contributed by atoms with Crippen molar-refractivity contribution >= 4 is 50.0 Å². The van der Waals surface area contributed by atoms with Gasteiger partial charge < -0.3 is 13.9 Å². The van der Waals surface area contributed by atoms with Crippen molar-refractivity contribution in [3.05, 3.63) is 87.1 Å². The van der Waals surface area contributed by atoms with Gasteiger partial charge in [-0.2, -0.15) is 9.78 Å². The molecule has 35 heavy (non-hydrogen) atoms. The number of halogens is 1. The van der Waals surface area contributed by atoms with Gasteiger partial charge in [-0.15, -0.1) is 0 Å². The fourth-order valence-electron chi connectivity index (χ4n) is 3.65. The van der Waals surface area contributed by atoms with Crippen LogP contribution in [0.15, 0.2) is 85.5 Å². The lowest BCUT2D eigenvalue weighted by Gasteiger charge is -2.11. The molecule has 2 heterocycles. The number of carbonyl (C=O) groups is 1. The number of benzene rings is 3. The number of fused-ring (bicyclic) bond motifs is 2. The summed E-state index contributed by atoms with van der Waals surface area (Å²) in [5.74, 6) is 0.803. The summed E-state index contributed by atoms with van der Waals surface area (Å²) in [5, 5.41) is 5.77. The Labute approximate surface area is 207 Å². The highest BCUT2D eigenvalue weighted by Crippen LogP contribution is 2.33. The van der Waals surface area contributed by atoms with E-state index in [1.807, 2.05) is 36.4 Å². The molecule has 0 bridgehead atoms. The van der Waals surface area contributed by atoms with E-state index in [2.05, 4.69) is 26.0 Å². The van der Waals surface area contributed by atoms with E-state index in [1.165, 1.54) is 24.9 Å². The Kier molecular flexibility index (Phi) is 5.92. The van der Waals surface area contributed by atoms with Crippen molar-refractivity contribution in [1.29, 1.82) is 0 Å². The van der Waals surface area contributed by atoms with Gasteiger partial charge in [0.2, 0.25) is 5.82 Å². The molecule has 0 saturated carbocycles. The van der Waals surface area contributed by atoms with E-state index < -0.39 is 5.97 Å². The molecule has 8 nitrogen and oxygen atoms in total. The third-order valence-corrected chi connectivity index (χ3v) is 5.94. The normalized spacial score (nSPS) is 11.4. The molecule has 0 radical (unpaired) electrons. The van der Waals surface area contributed by atoms with Crippen LogP contribution in [0.1, 0.15) is 12.5 Å². The lowest BCUT2D eigenvalue weighted by Crippen LogP contribution is -2.20. The molecule has 0 atom stereocenters. The van der Waals surface area contributed by atoms with E-state index >= 15 is 0 Å².